The minimum Gasteiger partial charge on any atom is -0.335 e. The zero-order valence-electron chi connectivity index (χ0n) is 10.3. The van der Waals surface area contributed by atoms with Crippen LogP contribution in [-0.4, -0.2) is 23.4 Å². The smallest absolute Gasteiger partial charge is 0.223 e. The molecule has 2 rings (SSSR count). The number of nitrogens with zero attached hydrogens (tertiary/aromatic N) is 1. The Kier molecular flexibility index (Phi) is 4.18. The second kappa shape index (κ2) is 5.65. The Bertz CT molecular complexity index is 360. The number of hydrogen-bond acceptors (Lipinski definition) is 3. The summed E-state index contributed by atoms with van der Waals surface area (Å²) >= 11 is 1.72. The van der Waals surface area contributed by atoms with E-state index in [1.807, 2.05) is 17.9 Å². The van der Waals surface area contributed by atoms with Crippen LogP contribution in [0.2, 0.25) is 0 Å². The summed E-state index contributed by atoms with van der Waals surface area (Å²) in [5.41, 5.74) is 5.58. The predicted molar refractivity (Wildman–Crippen MR) is 70.7 cm³/mol. The first-order valence-electron chi connectivity index (χ1n) is 6.22. The molecule has 2 N–H and O–H groups in total. The van der Waals surface area contributed by atoms with Crippen molar-refractivity contribution in [2.24, 2.45) is 11.7 Å². The maximum atomic E-state index is 12.2. The summed E-state index contributed by atoms with van der Waals surface area (Å²) in [4.78, 5) is 15.5. The van der Waals surface area contributed by atoms with E-state index in [-0.39, 0.29) is 11.8 Å². The SMILES string of the molecule is CC(CN)CC(=O)N(Cc1cccs1)C1CC1. The highest BCUT2D eigenvalue weighted by atomic mass is 32.1. The summed E-state index contributed by atoms with van der Waals surface area (Å²) in [7, 11) is 0. The fourth-order valence-corrected chi connectivity index (χ4v) is 2.58. The van der Waals surface area contributed by atoms with E-state index in [1.54, 1.807) is 11.3 Å². The quantitative estimate of drug-likeness (QED) is 0.844. The van der Waals surface area contributed by atoms with Gasteiger partial charge in [0.1, 0.15) is 0 Å². The van der Waals surface area contributed by atoms with Crippen LogP contribution in [0.3, 0.4) is 0 Å². The van der Waals surface area contributed by atoms with Crippen molar-refractivity contribution in [3.63, 3.8) is 0 Å². The van der Waals surface area contributed by atoms with Gasteiger partial charge in [-0.1, -0.05) is 13.0 Å². The van der Waals surface area contributed by atoms with Gasteiger partial charge in [-0.3, -0.25) is 4.79 Å². The lowest BCUT2D eigenvalue weighted by Gasteiger charge is -2.23. The highest BCUT2D eigenvalue weighted by Crippen LogP contribution is 2.30. The van der Waals surface area contributed by atoms with E-state index in [0.29, 0.717) is 19.0 Å². The number of carbonyl (C=O) groups excluding carboxylic acids is 1. The fraction of sp³-hybridized carbons (Fsp3) is 0.615. The van der Waals surface area contributed by atoms with Crippen molar-refractivity contribution in [3.8, 4) is 0 Å². The molecular weight excluding hydrogens is 232 g/mol. The largest absolute Gasteiger partial charge is 0.335 e. The molecule has 1 saturated carbocycles. The van der Waals surface area contributed by atoms with Crippen LogP contribution in [0.15, 0.2) is 17.5 Å². The maximum absolute atomic E-state index is 12.2. The van der Waals surface area contributed by atoms with E-state index in [2.05, 4.69) is 11.4 Å². The lowest BCUT2D eigenvalue weighted by molar-refractivity contribution is -0.133. The van der Waals surface area contributed by atoms with Crippen LogP contribution in [0.4, 0.5) is 0 Å². The van der Waals surface area contributed by atoms with Gasteiger partial charge in [0.25, 0.3) is 0 Å². The van der Waals surface area contributed by atoms with E-state index in [9.17, 15) is 4.79 Å². The molecule has 0 spiro atoms. The van der Waals surface area contributed by atoms with Crippen molar-refractivity contribution in [1.29, 1.82) is 0 Å². The average Bonchev–Trinajstić information content (AvgIpc) is 3.03. The van der Waals surface area contributed by atoms with E-state index < -0.39 is 0 Å². The Morgan fingerprint density at radius 3 is 2.94 bits per heavy atom. The lowest BCUT2D eigenvalue weighted by Crippen LogP contribution is -2.34. The molecule has 1 amide bonds. The van der Waals surface area contributed by atoms with E-state index >= 15 is 0 Å². The van der Waals surface area contributed by atoms with Gasteiger partial charge in [-0.25, -0.2) is 0 Å². The van der Waals surface area contributed by atoms with E-state index in [0.717, 1.165) is 19.4 Å². The summed E-state index contributed by atoms with van der Waals surface area (Å²) in [6.45, 7) is 3.40. The summed E-state index contributed by atoms with van der Waals surface area (Å²) in [6, 6.07) is 4.62. The number of carbonyl (C=O) groups is 1. The first-order valence-corrected chi connectivity index (χ1v) is 7.10. The molecule has 1 aromatic rings. The number of thiophene rings is 1. The molecule has 1 aromatic heterocycles. The van der Waals surface area contributed by atoms with Crippen LogP contribution >= 0.6 is 11.3 Å². The van der Waals surface area contributed by atoms with Gasteiger partial charge in [0.2, 0.25) is 5.91 Å². The van der Waals surface area contributed by atoms with Crippen molar-refractivity contribution in [3.05, 3.63) is 22.4 Å². The predicted octanol–water partition coefficient (Wildman–Crippen LogP) is 2.22. The molecule has 0 aliphatic heterocycles. The highest BCUT2D eigenvalue weighted by molar-refractivity contribution is 7.09. The van der Waals surface area contributed by atoms with Crippen LogP contribution in [0.25, 0.3) is 0 Å². The zero-order valence-corrected chi connectivity index (χ0v) is 11.1. The Labute approximate surface area is 107 Å². The van der Waals surface area contributed by atoms with E-state index in [1.165, 1.54) is 4.88 Å². The van der Waals surface area contributed by atoms with E-state index in [4.69, 9.17) is 5.73 Å². The molecule has 1 heterocycles. The average molecular weight is 252 g/mol. The van der Waals surface area contributed by atoms with Crippen LogP contribution in [0.5, 0.6) is 0 Å². The summed E-state index contributed by atoms with van der Waals surface area (Å²) in [5, 5.41) is 2.06. The van der Waals surface area contributed by atoms with Crippen molar-refractivity contribution in [1.82, 2.24) is 4.90 Å². The molecule has 94 valence electrons. The Balaban J connectivity index is 1.94. The minimum absolute atomic E-state index is 0.263. The monoisotopic (exact) mass is 252 g/mol. The molecule has 1 atom stereocenters. The normalized spacial score (nSPS) is 16.8. The van der Waals surface area contributed by atoms with Crippen molar-refractivity contribution < 1.29 is 4.79 Å². The third-order valence-electron chi connectivity index (χ3n) is 3.14. The lowest BCUT2D eigenvalue weighted by atomic mass is 10.1. The fourth-order valence-electron chi connectivity index (χ4n) is 1.88. The molecule has 0 bridgehead atoms. The van der Waals surface area contributed by atoms with Gasteiger partial charge >= 0.3 is 0 Å². The van der Waals surface area contributed by atoms with Gasteiger partial charge in [0, 0.05) is 17.3 Å². The molecular formula is C13H20N2OS. The van der Waals surface area contributed by atoms with Gasteiger partial charge in [0.15, 0.2) is 0 Å². The van der Waals surface area contributed by atoms with Gasteiger partial charge in [-0.2, -0.15) is 0 Å². The van der Waals surface area contributed by atoms with Crippen molar-refractivity contribution in [2.45, 2.75) is 38.8 Å². The first-order chi connectivity index (χ1) is 8.20. The maximum Gasteiger partial charge on any atom is 0.223 e. The third-order valence-corrected chi connectivity index (χ3v) is 4.00. The topological polar surface area (TPSA) is 46.3 Å². The Morgan fingerprint density at radius 1 is 1.65 bits per heavy atom. The molecule has 3 nitrogen and oxygen atoms in total. The van der Waals surface area contributed by atoms with Crippen LogP contribution < -0.4 is 5.73 Å². The molecule has 1 fully saturated rings. The molecule has 1 unspecified atom stereocenters. The molecule has 0 saturated heterocycles. The van der Waals surface area contributed by atoms with Crippen LogP contribution in [0, 0.1) is 5.92 Å². The number of amides is 1. The van der Waals surface area contributed by atoms with Gasteiger partial charge in [0.05, 0.1) is 6.54 Å². The summed E-state index contributed by atoms with van der Waals surface area (Å²) < 4.78 is 0. The molecule has 0 aromatic carbocycles. The van der Waals surface area contributed by atoms with Crippen LogP contribution in [0.1, 0.15) is 31.1 Å². The molecule has 4 heteroatoms. The summed E-state index contributed by atoms with van der Waals surface area (Å²) in [6.07, 6.45) is 2.90. The minimum atomic E-state index is 0.263. The Morgan fingerprint density at radius 2 is 2.41 bits per heavy atom. The number of rotatable bonds is 6. The first kappa shape index (κ1) is 12.6. The standard InChI is InChI=1S/C13H20N2OS/c1-10(8-14)7-13(16)15(11-4-5-11)9-12-3-2-6-17-12/h2-3,6,10-11H,4-5,7-9,14H2,1H3. The highest BCUT2D eigenvalue weighted by Gasteiger charge is 2.32. The second-order valence-corrected chi connectivity index (χ2v) is 5.91. The van der Waals surface area contributed by atoms with Gasteiger partial charge in [-0.05, 0) is 36.8 Å². The zero-order chi connectivity index (χ0) is 12.3. The third kappa shape index (κ3) is 3.54. The van der Waals surface area contributed by atoms with Gasteiger partial charge in [-0.15, -0.1) is 11.3 Å². The Hall–Kier alpha value is -0.870. The number of hydrogen-bond donors (Lipinski definition) is 1. The molecule has 1 aliphatic rings. The molecule has 1 aliphatic carbocycles. The number of nitrogens with two attached hydrogens (primary N) is 1. The van der Waals surface area contributed by atoms with Crippen molar-refractivity contribution >= 4 is 17.2 Å². The van der Waals surface area contributed by atoms with Crippen LogP contribution in [-0.2, 0) is 11.3 Å². The molecule has 0 radical (unpaired) electrons. The van der Waals surface area contributed by atoms with Crippen molar-refractivity contribution in [2.75, 3.05) is 6.54 Å². The molecule has 17 heavy (non-hydrogen) atoms. The summed E-state index contributed by atoms with van der Waals surface area (Å²) in [5.74, 6) is 0.547. The second-order valence-electron chi connectivity index (χ2n) is 4.88. The van der Waals surface area contributed by atoms with Gasteiger partial charge < -0.3 is 10.6 Å².